The Balaban J connectivity index is 0.998. The van der Waals surface area contributed by atoms with E-state index in [-0.39, 0.29) is 36.6 Å². The average Bonchev–Trinajstić information content (AvgIpc) is 3.88. The summed E-state index contributed by atoms with van der Waals surface area (Å²) >= 11 is 2.11. The second kappa shape index (κ2) is 13.2. The fraction of sp³-hybridized carbons (Fsp3) is 0.417. The fourth-order valence-corrected chi connectivity index (χ4v) is 13.1. The lowest BCUT2D eigenvalue weighted by atomic mass is 9.69. The van der Waals surface area contributed by atoms with Gasteiger partial charge in [-0.05, 0) is 79.3 Å². The first-order valence-corrected chi connectivity index (χ1v) is 21.5. The summed E-state index contributed by atoms with van der Waals surface area (Å²) in [5, 5.41) is 11.5. The third-order valence-corrected chi connectivity index (χ3v) is 15.4. The summed E-state index contributed by atoms with van der Waals surface area (Å²) in [6.07, 6.45) is 24.2. The Morgan fingerprint density at radius 3 is 2.61 bits per heavy atom. The predicted molar refractivity (Wildman–Crippen MR) is 222 cm³/mol. The highest BCUT2D eigenvalue weighted by molar-refractivity contribution is 8.00. The zero-order valence-electron chi connectivity index (χ0n) is 31.7. The largest absolute Gasteiger partial charge is 0.492 e. The number of benzene rings is 3. The van der Waals surface area contributed by atoms with Crippen molar-refractivity contribution in [1.82, 2.24) is 20.1 Å². The van der Waals surface area contributed by atoms with Crippen LogP contribution >= 0.6 is 11.8 Å². The summed E-state index contributed by atoms with van der Waals surface area (Å²) in [5.41, 5.74) is 8.57. The number of fused-ring (bicyclic) bond motifs is 9. The molecule has 0 saturated carbocycles. The summed E-state index contributed by atoms with van der Waals surface area (Å²) < 4.78 is 10.1. The van der Waals surface area contributed by atoms with Crippen molar-refractivity contribution >= 4 is 33.6 Å². The smallest absolute Gasteiger partial charge is 0.129 e. The van der Waals surface area contributed by atoms with Crippen molar-refractivity contribution in [2.24, 2.45) is 23.7 Å². The molecule has 0 radical (unpaired) electrons. The second-order valence-electron chi connectivity index (χ2n) is 17.2. The van der Waals surface area contributed by atoms with Crippen LogP contribution in [0.5, 0.6) is 0 Å². The van der Waals surface area contributed by atoms with E-state index in [0.717, 1.165) is 25.7 Å². The maximum Gasteiger partial charge on any atom is 0.129 e. The van der Waals surface area contributed by atoms with E-state index in [0.29, 0.717) is 28.9 Å². The highest BCUT2D eigenvalue weighted by Crippen LogP contribution is 2.57. The molecule has 6 heteroatoms. The molecule has 5 nitrogen and oxygen atoms in total. The molecule has 11 unspecified atom stereocenters. The lowest BCUT2D eigenvalue weighted by Crippen LogP contribution is -2.67. The van der Waals surface area contributed by atoms with Gasteiger partial charge in [-0.15, -0.1) is 11.8 Å². The Morgan fingerprint density at radius 2 is 1.72 bits per heavy atom. The van der Waals surface area contributed by atoms with E-state index < -0.39 is 0 Å². The number of rotatable bonds is 4. The summed E-state index contributed by atoms with van der Waals surface area (Å²) in [6.45, 7) is 4.84. The first-order valence-electron chi connectivity index (χ1n) is 20.7. The van der Waals surface area contributed by atoms with Crippen molar-refractivity contribution < 1.29 is 4.74 Å². The van der Waals surface area contributed by atoms with E-state index in [1.807, 2.05) is 0 Å². The number of aromatic nitrogens is 1. The van der Waals surface area contributed by atoms with Crippen LogP contribution in [0.25, 0.3) is 21.8 Å². The molecule has 0 spiro atoms. The van der Waals surface area contributed by atoms with Gasteiger partial charge >= 0.3 is 0 Å². The van der Waals surface area contributed by atoms with Crippen molar-refractivity contribution in [2.75, 3.05) is 7.05 Å². The van der Waals surface area contributed by atoms with Gasteiger partial charge in [0.15, 0.2) is 0 Å². The molecule has 4 heterocycles. The Hall–Kier alpha value is -3.81. The Kier molecular flexibility index (Phi) is 8.17. The van der Waals surface area contributed by atoms with Crippen molar-refractivity contribution in [3.63, 3.8) is 0 Å². The maximum atomic E-state index is 7.40. The summed E-state index contributed by atoms with van der Waals surface area (Å²) in [5.74, 6) is 3.53. The Bertz CT molecular complexity index is 2280. The standard InChI is InChI=1S/C48H52N4OS/c1-28-13-11-16-31(27-28)47-49-46(30-14-5-4-6-15-30)50-48(51(47)3)41-29(2)23-26-39-42(41)36-19-12-21-38(44(36)53-39)52-37-20-9-7-17-32(37)34-24-25-35-33-18-8-10-22-40(33)54-45(35)43(34)52/h4-7,9-12,14-17,19-20,22,24-25,27-29,33,36,38,40-41,44,46-50H,8,13,18,21,23,26H2,1-3H3. The molecule has 11 atom stereocenters. The predicted octanol–water partition coefficient (Wildman–Crippen LogP) is 10.5. The zero-order chi connectivity index (χ0) is 36.1. The van der Waals surface area contributed by atoms with Crippen LogP contribution in [0.1, 0.15) is 81.6 Å². The van der Waals surface area contributed by atoms with Crippen LogP contribution < -0.4 is 10.6 Å². The number of nitrogens with zero attached hydrogens (tertiary/aromatic N) is 2. The van der Waals surface area contributed by atoms with Gasteiger partial charge in [0, 0.05) is 50.6 Å². The maximum absolute atomic E-state index is 7.40. The van der Waals surface area contributed by atoms with Gasteiger partial charge in [-0.3, -0.25) is 15.5 Å². The number of hydrogen-bond acceptors (Lipinski definition) is 5. The molecule has 11 rings (SSSR count). The molecule has 4 aliphatic carbocycles. The molecule has 1 fully saturated rings. The third kappa shape index (κ3) is 5.16. The van der Waals surface area contributed by atoms with Crippen LogP contribution in [0.3, 0.4) is 0 Å². The summed E-state index contributed by atoms with van der Waals surface area (Å²) in [4.78, 5) is 4.11. The Morgan fingerprint density at radius 1 is 0.852 bits per heavy atom. The van der Waals surface area contributed by atoms with E-state index in [1.165, 1.54) is 56.4 Å². The molecule has 2 N–H and O–H groups in total. The van der Waals surface area contributed by atoms with Gasteiger partial charge in [0.1, 0.15) is 6.10 Å². The highest BCUT2D eigenvalue weighted by Gasteiger charge is 2.52. The fourth-order valence-electron chi connectivity index (χ4n) is 11.5. The molecule has 0 bridgehead atoms. The van der Waals surface area contributed by atoms with Crippen molar-refractivity contribution in [3.05, 3.63) is 137 Å². The minimum absolute atomic E-state index is 0.0469. The van der Waals surface area contributed by atoms with Gasteiger partial charge < -0.3 is 9.30 Å². The van der Waals surface area contributed by atoms with Crippen LogP contribution in [-0.4, -0.2) is 40.2 Å². The first kappa shape index (κ1) is 33.5. The van der Waals surface area contributed by atoms with Crippen LogP contribution in [0.2, 0.25) is 0 Å². The number of hydrogen-bond donors (Lipinski definition) is 2. The van der Waals surface area contributed by atoms with E-state index >= 15 is 0 Å². The van der Waals surface area contributed by atoms with E-state index in [4.69, 9.17) is 4.74 Å². The van der Waals surface area contributed by atoms with E-state index in [9.17, 15) is 0 Å². The Labute approximate surface area is 324 Å². The normalized spacial score (nSPS) is 35.8. The molecule has 276 valence electrons. The van der Waals surface area contributed by atoms with Crippen molar-refractivity contribution in [2.45, 2.75) is 99.1 Å². The zero-order valence-corrected chi connectivity index (χ0v) is 32.5. The van der Waals surface area contributed by atoms with Gasteiger partial charge in [0.25, 0.3) is 0 Å². The SMILES string of the molecule is CC1C=C(C2NC(c3ccccc3)NC(C3C4=C(CCC3C)OC3C4C=CCC3n3c4ccccc4c4ccc5c(c43)SC3C=CCCC53)N2C)C=CC1. The number of ether oxygens (including phenoxy) is 1. The molecule has 3 aromatic carbocycles. The average molecular weight is 733 g/mol. The minimum Gasteiger partial charge on any atom is -0.492 e. The summed E-state index contributed by atoms with van der Waals surface area (Å²) in [7, 11) is 2.34. The lowest BCUT2D eigenvalue weighted by molar-refractivity contribution is 0.0165. The van der Waals surface area contributed by atoms with E-state index in [1.54, 1.807) is 11.1 Å². The van der Waals surface area contributed by atoms with Gasteiger partial charge in [-0.25, -0.2) is 0 Å². The van der Waals surface area contributed by atoms with Gasteiger partial charge in [-0.1, -0.05) is 117 Å². The lowest BCUT2D eigenvalue weighted by Gasteiger charge is -2.51. The third-order valence-electron chi connectivity index (χ3n) is 14.0. The van der Waals surface area contributed by atoms with Crippen LogP contribution in [0.4, 0.5) is 0 Å². The molecule has 1 aromatic heterocycles. The topological polar surface area (TPSA) is 41.5 Å². The molecule has 4 aromatic rings. The van der Waals surface area contributed by atoms with Crippen molar-refractivity contribution in [1.29, 1.82) is 0 Å². The van der Waals surface area contributed by atoms with E-state index in [2.05, 4.69) is 162 Å². The highest BCUT2D eigenvalue weighted by atomic mass is 32.2. The number of allylic oxidation sites excluding steroid dienone is 5. The number of para-hydroxylation sites is 1. The number of nitrogens with one attached hydrogen (secondary N) is 2. The number of thioether (sulfide) groups is 1. The molecular formula is C48H52N4OS. The molecule has 54 heavy (non-hydrogen) atoms. The van der Waals surface area contributed by atoms with Gasteiger partial charge in [-0.2, -0.15) is 0 Å². The van der Waals surface area contributed by atoms with Crippen LogP contribution in [-0.2, 0) is 4.74 Å². The molecular weight excluding hydrogens is 681 g/mol. The molecule has 7 aliphatic rings. The van der Waals surface area contributed by atoms with Gasteiger partial charge in [0.2, 0.25) is 0 Å². The van der Waals surface area contributed by atoms with Crippen molar-refractivity contribution in [3.8, 4) is 0 Å². The monoisotopic (exact) mass is 732 g/mol. The molecule has 3 aliphatic heterocycles. The minimum atomic E-state index is 0.0469. The molecule has 1 saturated heterocycles. The first-order chi connectivity index (χ1) is 26.5. The van der Waals surface area contributed by atoms with Gasteiger partial charge in [0.05, 0.1) is 35.8 Å². The van der Waals surface area contributed by atoms with Crippen LogP contribution in [0.15, 0.2) is 131 Å². The summed E-state index contributed by atoms with van der Waals surface area (Å²) in [6, 6.07) is 25.3. The van der Waals surface area contributed by atoms with Crippen LogP contribution in [0, 0.1) is 23.7 Å². The second-order valence-corrected chi connectivity index (χ2v) is 18.4. The quantitative estimate of drug-likeness (QED) is 0.205. The number of likely N-dealkylation sites (N-methyl/N-ethyl adjacent to an activating group) is 1. The molecule has 0 amide bonds.